The molecule has 0 spiro atoms. The van der Waals surface area contributed by atoms with E-state index >= 15 is 0 Å². The third-order valence-corrected chi connectivity index (χ3v) is 4.84. The minimum absolute atomic E-state index is 0.0255. The molecule has 144 valence electrons. The van der Waals surface area contributed by atoms with Crippen LogP contribution >= 0.6 is 0 Å². The Bertz CT molecular complexity index is 713. The molecule has 1 amide bonds. The lowest BCUT2D eigenvalue weighted by atomic mass is 9.80. The van der Waals surface area contributed by atoms with E-state index in [1.807, 2.05) is 62.4 Å². The van der Waals surface area contributed by atoms with Gasteiger partial charge in [0.2, 0.25) is 5.91 Å². The van der Waals surface area contributed by atoms with Crippen molar-refractivity contribution in [1.82, 2.24) is 0 Å². The number of amides is 1. The first kappa shape index (κ1) is 20.7. The Balaban J connectivity index is 1.98. The Morgan fingerprint density at radius 2 is 1.48 bits per heavy atom. The second kappa shape index (κ2) is 10.5. The largest absolute Gasteiger partial charge is 0.461 e. The van der Waals surface area contributed by atoms with Crippen LogP contribution in [0.15, 0.2) is 60.7 Å². The van der Waals surface area contributed by atoms with Gasteiger partial charge in [0.15, 0.2) is 0 Å². The number of hydrogen-bond acceptors (Lipinski definition) is 3. The highest BCUT2D eigenvalue weighted by Crippen LogP contribution is 2.27. The van der Waals surface area contributed by atoms with Crippen LogP contribution in [0.1, 0.15) is 37.8 Å². The first-order valence-electron chi connectivity index (χ1n) is 9.53. The molecular weight excluding hydrogens is 338 g/mol. The Labute approximate surface area is 161 Å². The molecular formula is C23H29NO3. The van der Waals surface area contributed by atoms with Crippen molar-refractivity contribution < 1.29 is 14.3 Å². The molecule has 0 aliphatic heterocycles. The lowest BCUT2D eigenvalue weighted by molar-refractivity contribution is -0.156. The highest BCUT2D eigenvalue weighted by Gasteiger charge is 2.35. The first-order valence-corrected chi connectivity index (χ1v) is 9.53. The molecule has 0 saturated carbocycles. The highest BCUT2D eigenvalue weighted by molar-refractivity contribution is 5.84. The molecule has 0 aromatic heterocycles. The minimum Gasteiger partial charge on any atom is -0.461 e. The van der Waals surface area contributed by atoms with Gasteiger partial charge in [-0.25, -0.2) is 0 Å². The molecule has 4 nitrogen and oxygen atoms in total. The van der Waals surface area contributed by atoms with Gasteiger partial charge in [0, 0.05) is 0 Å². The van der Waals surface area contributed by atoms with Crippen LogP contribution in [0.4, 0.5) is 0 Å². The van der Waals surface area contributed by atoms with Crippen LogP contribution in [0.2, 0.25) is 0 Å². The zero-order chi connectivity index (χ0) is 19.6. The molecule has 1 unspecified atom stereocenters. The number of hydrogen-bond donors (Lipinski definition) is 1. The standard InChI is InChI=1S/C23H29NO3/c1-17(2)21(23(26)27-16-19-12-7-4-8-13-19)20(22(24)25)15-9-14-18-10-5-3-6-11-18/h3-8,10-13,17,20-21H,9,14-16H2,1-2H3,(H2,24,25)/t20?,21-/m0/s1. The molecule has 2 N–H and O–H groups in total. The summed E-state index contributed by atoms with van der Waals surface area (Å²) < 4.78 is 5.50. The molecule has 27 heavy (non-hydrogen) atoms. The second-order valence-electron chi connectivity index (χ2n) is 7.25. The van der Waals surface area contributed by atoms with Gasteiger partial charge in [0.05, 0.1) is 11.8 Å². The van der Waals surface area contributed by atoms with Gasteiger partial charge in [0.25, 0.3) is 0 Å². The molecule has 2 aromatic carbocycles. The molecule has 4 heteroatoms. The molecule has 0 heterocycles. The maximum atomic E-state index is 12.7. The summed E-state index contributed by atoms with van der Waals surface area (Å²) in [6.07, 6.45) is 2.23. The predicted molar refractivity (Wildman–Crippen MR) is 107 cm³/mol. The van der Waals surface area contributed by atoms with Crippen molar-refractivity contribution in [2.24, 2.45) is 23.5 Å². The van der Waals surface area contributed by atoms with E-state index in [9.17, 15) is 9.59 Å². The van der Waals surface area contributed by atoms with Crippen molar-refractivity contribution in [1.29, 1.82) is 0 Å². The van der Waals surface area contributed by atoms with E-state index in [-0.39, 0.29) is 18.5 Å². The van der Waals surface area contributed by atoms with Crippen molar-refractivity contribution >= 4 is 11.9 Å². The van der Waals surface area contributed by atoms with E-state index in [0.717, 1.165) is 18.4 Å². The third kappa shape index (κ3) is 6.55. The van der Waals surface area contributed by atoms with Crippen LogP contribution in [-0.2, 0) is 27.4 Å². The summed E-state index contributed by atoms with van der Waals surface area (Å²) in [5.41, 5.74) is 7.79. The molecule has 0 radical (unpaired) electrons. The van der Waals surface area contributed by atoms with E-state index in [4.69, 9.17) is 10.5 Å². The van der Waals surface area contributed by atoms with E-state index in [0.29, 0.717) is 6.42 Å². The topological polar surface area (TPSA) is 69.4 Å². The summed E-state index contributed by atoms with van der Waals surface area (Å²) in [7, 11) is 0. The predicted octanol–water partition coefficient (Wildman–Crippen LogP) is 4.13. The molecule has 2 rings (SSSR count). The number of esters is 1. The summed E-state index contributed by atoms with van der Waals surface area (Å²) in [5, 5.41) is 0. The SMILES string of the molecule is CC(C)[C@H](C(=O)OCc1ccccc1)C(CCCc1ccccc1)C(N)=O. The number of aryl methyl sites for hydroxylation is 1. The number of ether oxygens (including phenoxy) is 1. The van der Waals surface area contributed by atoms with Crippen LogP contribution in [-0.4, -0.2) is 11.9 Å². The number of carbonyl (C=O) groups is 2. The van der Waals surface area contributed by atoms with Crippen LogP contribution < -0.4 is 5.73 Å². The Hall–Kier alpha value is -2.62. The highest BCUT2D eigenvalue weighted by atomic mass is 16.5. The normalized spacial score (nSPS) is 13.1. The summed E-state index contributed by atoms with van der Waals surface area (Å²) in [6, 6.07) is 19.6. The number of benzene rings is 2. The van der Waals surface area contributed by atoms with Gasteiger partial charge in [-0.1, -0.05) is 74.5 Å². The van der Waals surface area contributed by atoms with Crippen LogP contribution in [0.3, 0.4) is 0 Å². The van der Waals surface area contributed by atoms with Crippen molar-refractivity contribution in [3.63, 3.8) is 0 Å². The molecule has 0 aliphatic carbocycles. The van der Waals surface area contributed by atoms with E-state index in [1.54, 1.807) is 0 Å². The molecule has 0 aliphatic rings. The van der Waals surface area contributed by atoms with Gasteiger partial charge < -0.3 is 10.5 Å². The van der Waals surface area contributed by atoms with E-state index in [1.165, 1.54) is 5.56 Å². The van der Waals surface area contributed by atoms with Crippen LogP contribution in [0.25, 0.3) is 0 Å². The fourth-order valence-electron chi connectivity index (χ4n) is 3.40. The lowest BCUT2D eigenvalue weighted by Gasteiger charge is -2.26. The summed E-state index contributed by atoms with van der Waals surface area (Å²) in [6.45, 7) is 4.07. The fourth-order valence-corrected chi connectivity index (χ4v) is 3.40. The van der Waals surface area contributed by atoms with Gasteiger partial charge in [-0.15, -0.1) is 0 Å². The Morgan fingerprint density at radius 1 is 0.926 bits per heavy atom. The summed E-state index contributed by atoms with van der Waals surface area (Å²) in [4.78, 5) is 24.8. The number of nitrogens with two attached hydrogens (primary N) is 1. The van der Waals surface area contributed by atoms with Gasteiger partial charge in [0.1, 0.15) is 6.61 Å². The monoisotopic (exact) mass is 367 g/mol. The van der Waals surface area contributed by atoms with E-state index in [2.05, 4.69) is 12.1 Å². The third-order valence-electron chi connectivity index (χ3n) is 4.84. The number of carbonyl (C=O) groups excluding carboxylic acids is 2. The lowest BCUT2D eigenvalue weighted by Crippen LogP contribution is -2.38. The van der Waals surface area contributed by atoms with Crippen LogP contribution in [0, 0.1) is 17.8 Å². The Morgan fingerprint density at radius 3 is 2.00 bits per heavy atom. The van der Waals surface area contributed by atoms with Crippen molar-refractivity contribution in [2.75, 3.05) is 0 Å². The molecule has 0 saturated heterocycles. The molecule has 0 fully saturated rings. The van der Waals surface area contributed by atoms with Crippen molar-refractivity contribution in [2.45, 2.75) is 39.7 Å². The molecule has 2 atom stereocenters. The molecule has 0 bridgehead atoms. The van der Waals surface area contributed by atoms with Gasteiger partial charge in [-0.05, 0) is 36.3 Å². The second-order valence-corrected chi connectivity index (χ2v) is 7.25. The zero-order valence-electron chi connectivity index (χ0n) is 16.1. The number of rotatable bonds is 10. The van der Waals surface area contributed by atoms with Crippen molar-refractivity contribution in [3.8, 4) is 0 Å². The number of primary amides is 1. The van der Waals surface area contributed by atoms with Gasteiger partial charge in [-0.2, -0.15) is 0 Å². The van der Waals surface area contributed by atoms with Crippen molar-refractivity contribution in [3.05, 3.63) is 71.8 Å². The quantitative estimate of drug-likeness (QED) is 0.642. The smallest absolute Gasteiger partial charge is 0.310 e. The molecule has 2 aromatic rings. The average molecular weight is 367 g/mol. The first-order chi connectivity index (χ1) is 13.0. The Kier molecular flexibility index (Phi) is 8.05. The summed E-state index contributed by atoms with van der Waals surface area (Å²) >= 11 is 0. The minimum atomic E-state index is -0.526. The zero-order valence-corrected chi connectivity index (χ0v) is 16.1. The van der Waals surface area contributed by atoms with Crippen LogP contribution in [0.5, 0.6) is 0 Å². The van der Waals surface area contributed by atoms with Gasteiger partial charge in [-0.3, -0.25) is 9.59 Å². The average Bonchev–Trinajstić information content (AvgIpc) is 2.66. The van der Waals surface area contributed by atoms with E-state index < -0.39 is 17.7 Å². The maximum absolute atomic E-state index is 12.7. The van der Waals surface area contributed by atoms with Gasteiger partial charge >= 0.3 is 5.97 Å². The summed E-state index contributed by atoms with van der Waals surface area (Å²) in [5.74, 6) is -1.85. The fraction of sp³-hybridized carbons (Fsp3) is 0.391. The maximum Gasteiger partial charge on any atom is 0.310 e.